The molecule has 0 unspecified atom stereocenters. The van der Waals surface area contributed by atoms with Crippen molar-refractivity contribution in [3.05, 3.63) is 63.5 Å². The maximum absolute atomic E-state index is 12.9. The Morgan fingerprint density at radius 3 is 2.37 bits per heavy atom. The van der Waals surface area contributed by atoms with Gasteiger partial charge in [0.2, 0.25) is 5.75 Å². The number of hydrogen-bond donors (Lipinski definition) is 1. The Kier molecular flexibility index (Phi) is 6.06. The molecule has 0 saturated carbocycles. The van der Waals surface area contributed by atoms with Crippen molar-refractivity contribution in [3.63, 3.8) is 0 Å². The summed E-state index contributed by atoms with van der Waals surface area (Å²) in [6.07, 6.45) is 1.16. The van der Waals surface area contributed by atoms with E-state index >= 15 is 0 Å². The van der Waals surface area contributed by atoms with Crippen molar-refractivity contribution in [2.24, 2.45) is 0 Å². The number of nitrogens with zero attached hydrogens (tertiary/aromatic N) is 2. The molecule has 1 N–H and O–H groups in total. The van der Waals surface area contributed by atoms with Gasteiger partial charge in [-0.1, -0.05) is 0 Å². The molecule has 27 heavy (non-hydrogen) atoms. The van der Waals surface area contributed by atoms with E-state index < -0.39 is 16.6 Å². The lowest BCUT2D eigenvalue weighted by atomic mass is 10.1. The number of nitro benzene ring substituents is 1. The van der Waals surface area contributed by atoms with Gasteiger partial charge in [-0.05, 0) is 30.3 Å². The Morgan fingerprint density at radius 1 is 1.22 bits per heavy atom. The van der Waals surface area contributed by atoms with Crippen LogP contribution >= 0.6 is 0 Å². The normalized spacial score (nSPS) is 10.7. The van der Waals surface area contributed by atoms with Gasteiger partial charge in [0.25, 0.3) is 5.91 Å². The number of ether oxygens (including phenoxy) is 2. The van der Waals surface area contributed by atoms with Crippen LogP contribution in [0, 0.1) is 27.3 Å². The van der Waals surface area contributed by atoms with Crippen LogP contribution in [0.15, 0.2) is 42.0 Å². The Morgan fingerprint density at radius 2 is 1.85 bits per heavy atom. The highest BCUT2D eigenvalue weighted by Crippen LogP contribution is 2.35. The summed E-state index contributed by atoms with van der Waals surface area (Å²) in [7, 11) is 2.61. The van der Waals surface area contributed by atoms with Crippen LogP contribution in [0.3, 0.4) is 0 Å². The van der Waals surface area contributed by atoms with Crippen molar-refractivity contribution in [3.8, 4) is 17.6 Å². The first-order valence-corrected chi connectivity index (χ1v) is 7.48. The predicted octanol–water partition coefficient (Wildman–Crippen LogP) is 3.30. The van der Waals surface area contributed by atoms with E-state index in [0.717, 1.165) is 24.3 Å². The second kappa shape index (κ2) is 8.44. The third-order valence-corrected chi connectivity index (χ3v) is 3.49. The van der Waals surface area contributed by atoms with E-state index in [0.29, 0.717) is 0 Å². The number of rotatable bonds is 6. The third-order valence-electron chi connectivity index (χ3n) is 3.49. The Bertz CT molecular complexity index is 949. The molecule has 0 aliphatic carbocycles. The molecule has 0 spiro atoms. The van der Waals surface area contributed by atoms with Gasteiger partial charge < -0.3 is 14.8 Å². The van der Waals surface area contributed by atoms with E-state index in [1.165, 1.54) is 32.4 Å². The van der Waals surface area contributed by atoms with Crippen molar-refractivity contribution in [1.82, 2.24) is 0 Å². The largest absolute Gasteiger partial charge is 0.496 e. The molecule has 9 heteroatoms. The predicted molar refractivity (Wildman–Crippen MR) is 94.8 cm³/mol. The van der Waals surface area contributed by atoms with E-state index in [2.05, 4.69) is 5.32 Å². The number of amides is 1. The minimum Gasteiger partial charge on any atom is -0.496 e. The fraction of sp³-hybridized carbons (Fsp3) is 0.111. The van der Waals surface area contributed by atoms with E-state index in [1.54, 1.807) is 6.07 Å². The molecule has 1 amide bonds. The summed E-state index contributed by atoms with van der Waals surface area (Å²) in [5, 5.41) is 22.9. The van der Waals surface area contributed by atoms with Gasteiger partial charge >= 0.3 is 5.69 Å². The smallest absolute Gasteiger partial charge is 0.311 e. The molecular formula is C18H14FN3O5. The van der Waals surface area contributed by atoms with E-state index in [1.807, 2.05) is 0 Å². The van der Waals surface area contributed by atoms with Crippen molar-refractivity contribution in [2.75, 3.05) is 19.5 Å². The fourth-order valence-electron chi connectivity index (χ4n) is 2.20. The molecule has 0 bridgehead atoms. The van der Waals surface area contributed by atoms with Crippen LogP contribution in [0.5, 0.6) is 11.5 Å². The molecule has 0 atom stereocenters. The van der Waals surface area contributed by atoms with Gasteiger partial charge in [0.15, 0.2) is 0 Å². The number of anilines is 1. The summed E-state index contributed by atoms with van der Waals surface area (Å²) < 4.78 is 23.0. The highest BCUT2D eigenvalue weighted by atomic mass is 19.1. The first-order valence-electron chi connectivity index (χ1n) is 7.48. The standard InChI is InChI=1S/C18H14FN3O5/c1-26-16-9-17(27-2)15(22(24)25)8-11(16)7-12(10-20)18(23)21-14-5-3-13(19)4-6-14/h3-9H,1-2H3,(H,21,23). The number of nitrogens with one attached hydrogen (secondary N) is 1. The number of methoxy groups -OCH3 is 2. The Labute approximate surface area is 153 Å². The lowest BCUT2D eigenvalue weighted by molar-refractivity contribution is -0.385. The second-order valence-corrected chi connectivity index (χ2v) is 5.15. The number of benzene rings is 2. The van der Waals surface area contributed by atoms with Crippen LogP contribution in [0.2, 0.25) is 0 Å². The van der Waals surface area contributed by atoms with E-state index in [4.69, 9.17) is 9.47 Å². The molecule has 8 nitrogen and oxygen atoms in total. The van der Waals surface area contributed by atoms with Crippen LogP contribution in [0.4, 0.5) is 15.8 Å². The lowest BCUT2D eigenvalue weighted by Gasteiger charge is -2.09. The molecule has 0 aromatic heterocycles. The van der Waals surface area contributed by atoms with Crippen molar-refractivity contribution in [2.45, 2.75) is 0 Å². The van der Waals surface area contributed by atoms with Gasteiger partial charge in [0.1, 0.15) is 23.2 Å². The average Bonchev–Trinajstić information content (AvgIpc) is 2.66. The Hall–Kier alpha value is -3.93. The molecule has 2 rings (SSSR count). The second-order valence-electron chi connectivity index (χ2n) is 5.15. The maximum atomic E-state index is 12.9. The van der Waals surface area contributed by atoms with Gasteiger partial charge in [0.05, 0.1) is 19.1 Å². The summed E-state index contributed by atoms with van der Waals surface area (Å²) in [4.78, 5) is 22.8. The molecule has 138 valence electrons. The van der Waals surface area contributed by atoms with Gasteiger partial charge in [-0.3, -0.25) is 14.9 Å². The van der Waals surface area contributed by atoms with Crippen LogP contribution in [-0.4, -0.2) is 25.1 Å². The van der Waals surface area contributed by atoms with E-state index in [9.17, 15) is 24.6 Å². The molecular weight excluding hydrogens is 357 g/mol. The number of halogens is 1. The zero-order valence-electron chi connectivity index (χ0n) is 14.4. The summed E-state index contributed by atoms with van der Waals surface area (Å²) in [5.74, 6) is -1.08. The first kappa shape index (κ1) is 19.4. The van der Waals surface area contributed by atoms with Gasteiger partial charge in [0, 0.05) is 23.4 Å². The molecule has 0 heterocycles. The summed E-state index contributed by atoms with van der Waals surface area (Å²) in [6, 6.07) is 9.13. The SMILES string of the molecule is COc1cc(OC)c([N+](=O)[O-])cc1C=C(C#N)C(=O)Nc1ccc(F)cc1. The molecule has 0 aliphatic heterocycles. The first-order chi connectivity index (χ1) is 12.9. The average molecular weight is 371 g/mol. The van der Waals surface area contributed by atoms with Gasteiger partial charge in [-0.25, -0.2) is 4.39 Å². The van der Waals surface area contributed by atoms with Gasteiger partial charge in [-0.15, -0.1) is 0 Å². The quantitative estimate of drug-likeness (QED) is 0.361. The number of nitriles is 1. The minimum atomic E-state index is -0.760. The molecule has 2 aromatic carbocycles. The molecule has 0 fully saturated rings. The number of nitro groups is 1. The highest BCUT2D eigenvalue weighted by molar-refractivity contribution is 6.09. The maximum Gasteiger partial charge on any atom is 0.311 e. The zero-order valence-corrected chi connectivity index (χ0v) is 14.4. The minimum absolute atomic E-state index is 0.0247. The van der Waals surface area contributed by atoms with Crippen molar-refractivity contribution >= 4 is 23.4 Å². The van der Waals surface area contributed by atoms with Crippen LogP contribution in [-0.2, 0) is 4.79 Å². The Balaban J connectivity index is 2.42. The number of hydrogen-bond acceptors (Lipinski definition) is 6. The highest BCUT2D eigenvalue weighted by Gasteiger charge is 2.20. The topological polar surface area (TPSA) is 114 Å². The van der Waals surface area contributed by atoms with Crippen LogP contribution in [0.1, 0.15) is 5.56 Å². The van der Waals surface area contributed by atoms with Crippen LogP contribution < -0.4 is 14.8 Å². The third kappa shape index (κ3) is 4.58. The summed E-state index contributed by atoms with van der Waals surface area (Å²) in [6.45, 7) is 0. The molecule has 0 aliphatic rings. The molecule has 0 saturated heterocycles. The van der Waals surface area contributed by atoms with Crippen molar-refractivity contribution < 1.29 is 23.6 Å². The zero-order chi connectivity index (χ0) is 20.0. The lowest BCUT2D eigenvalue weighted by Crippen LogP contribution is -2.13. The van der Waals surface area contributed by atoms with Crippen LogP contribution in [0.25, 0.3) is 6.08 Å². The number of carbonyl (C=O) groups excluding carboxylic acids is 1. The monoisotopic (exact) mass is 371 g/mol. The van der Waals surface area contributed by atoms with Gasteiger partial charge in [-0.2, -0.15) is 5.26 Å². The molecule has 2 aromatic rings. The summed E-state index contributed by atoms with van der Waals surface area (Å²) >= 11 is 0. The van der Waals surface area contributed by atoms with E-state index in [-0.39, 0.29) is 34.0 Å². The number of carbonyl (C=O) groups is 1. The van der Waals surface area contributed by atoms with Crippen molar-refractivity contribution in [1.29, 1.82) is 5.26 Å². The molecule has 0 radical (unpaired) electrons. The fourth-order valence-corrected chi connectivity index (χ4v) is 2.20. The summed E-state index contributed by atoms with van der Waals surface area (Å²) in [5.41, 5.74) is -0.232.